The molecule has 2 heterocycles. The highest BCUT2D eigenvalue weighted by atomic mass is 16.3. The number of rotatable bonds is 2. The van der Waals surface area contributed by atoms with Crippen LogP contribution in [0, 0.1) is 13.8 Å². The van der Waals surface area contributed by atoms with Crippen molar-refractivity contribution in [3.8, 4) is 5.75 Å². The Balaban J connectivity index is 1.95. The first kappa shape index (κ1) is 13.2. The first-order valence-corrected chi connectivity index (χ1v) is 6.60. The standard InChI is InChI=1S/C16H15N3O2/c1-9-10(2)18-13-6-5-11(8-12(9)13)16(21)19-15-14(20)4-3-7-17-15/h3-8,18,20H,1-2H3,(H,17,19,21). The highest BCUT2D eigenvalue weighted by Crippen LogP contribution is 2.24. The van der Waals surface area contributed by atoms with Gasteiger partial charge >= 0.3 is 0 Å². The van der Waals surface area contributed by atoms with E-state index < -0.39 is 0 Å². The molecule has 0 bridgehead atoms. The van der Waals surface area contributed by atoms with Crippen LogP contribution < -0.4 is 5.32 Å². The molecule has 0 saturated heterocycles. The van der Waals surface area contributed by atoms with Crippen LogP contribution in [0.1, 0.15) is 21.6 Å². The summed E-state index contributed by atoms with van der Waals surface area (Å²) in [5.41, 5.74) is 3.74. The fourth-order valence-corrected chi connectivity index (χ4v) is 2.28. The number of nitrogens with zero attached hydrogens (tertiary/aromatic N) is 1. The Labute approximate surface area is 121 Å². The van der Waals surface area contributed by atoms with Crippen LogP contribution in [-0.4, -0.2) is 21.0 Å². The zero-order valence-electron chi connectivity index (χ0n) is 11.8. The minimum absolute atomic E-state index is 0.0550. The summed E-state index contributed by atoms with van der Waals surface area (Å²) in [5, 5.41) is 13.3. The van der Waals surface area contributed by atoms with Crippen molar-refractivity contribution in [2.24, 2.45) is 0 Å². The molecule has 1 amide bonds. The lowest BCUT2D eigenvalue weighted by atomic mass is 10.1. The van der Waals surface area contributed by atoms with Crippen LogP contribution in [0.25, 0.3) is 10.9 Å². The number of anilines is 1. The first-order chi connectivity index (χ1) is 10.1. The number of hydrogen-bond acceptors (Lipinski definition) is 3. The summed E-state index contributed by atoms with van der Waals surface area (Å²) < 4.78 is 0. The van der Waals surface area contributed by atoms with E-state index in [1.54, 1.807) is 12.1 Å². The maximum atomic E-state index is 12.3. The average Bonchev–Trinajstić information content (AvgIpc) is 2.76. The second kappa shape index (κ2) is 4.94. The lowest BCUT2D eigenvalue weighted by molar-refractivity contribution is 0.102. The number of benzene rings is 1. The van der Waals surface area contributed by atoms with Crippen molar-refractivity contribution < 1.29 is 9.90 Å². The predicted octanol–water partition coefficient (Wildman–Crippen LogP) is 3.14. The molecule has 0 atom stereocenters. The maximum Gasteiger partial charge on any atom is 0.256 e. The van der Waals surface area contributed by atoms with Gasteiger partial charge in [-0.3, -0.25) is 4.79 Å². The molecule has 0 radical (unpaired) electrons. The normalized spacial score (nSPS) is 10.8. The Kier molecular flexibility index (Phi) is 3.10. The summed E-state index contributed by atoms with van der Waals surface area (Å²) in [6.07, 6.45) is 1.51. The third-order valence-electron chi connectivity index (χ3n) is 3.59. The van der Waals surface area contributed by atoms with Gasteiger partial charge in [0.25, 0.3) is 5.91 Å². The number of aromatic amines is 1. The highest BCUT2D eigenvalue weighted by Gasteiger charge is 2.12. The molecular weight excluding hydrogens is 266 g/mol. The molecule has 5 nitrogen and oxygen atoms in total. The van der Waals surface area contributed by atoms with Gasteiger partial charge in [-0.25, -0.2) is 4.98 Å². The van der Waals surface area contributed by atoms with E-state index in [1.807, 2.05) is 26.0 Å². The van der Waals surface area contributed by atoms with E-state index in [0.29, 0.717) is 5.56 Å². The van der Waals surface area contributed by atoms with Gasteiger partial charge in [-0.2, -0.15) is 0 Å². The largest absolute Gasteiger partial charge is 0.504 e. The second-order valence-corrected chi connectivity index (χ2v) is 4.96. The number of fused-ring (bicyclic) bond motifs is 1. The molecule has 0 unspecified atom stereocenters. The number of aryl methyl sites for hydroxylation is 2. The van der Waals surface area contributed by atoms with Gasteiger partial charge in [0.15, 0.2) is 11.6 Å². The van der Waals surface area contributed by atoms with Crippen LogP contribution in [0.2, 0.25) is 0 Å². The first-order valence-electron chi connectivity index (χ1n) is 6.60. The number of nitrogens with one attached hydrogen (secondary N) is 2. The summed E-state index contributed by atoms with van der Waals surface area (Å²) in [6, 6.07) is 8.54. The summed E-state index contributed by atoms with van der Waals surface area (Å²) in [4.78, 5) is 19.5. The van der Waals surface area contributed by atoms with Crippen LogP contribution in [0.5, 0.6) is 5.75 Å². The number of aromatic hydroxyl groups is 1. The van der Waals surface area contributed by atoms with Crippen molar-refractivity contribution >= 4 is 22.6 Å². The molecule has 0 saturated carbocycles. The zero-order valence-corrected chi connectivity index (χ0v) is 11.8. The molecule has 0 aliphatic heterocycles. The number of hydrogen-bond donors (Lipinski definition) is 3. The summed E-state index contributed by atoms with van der Waals surface area (Å²) in [7, 11) is 0. The molecule has 3 aromatic rings. The van der Waals surface area contributed by atoms with Crippen molar-refractivity contribution in [3.05, 3.63) is 53.3 Å². The second-order valence-electron chi connectivity index (χ2n) is 4.96. The Morgan fingerprint density at radius 1 is 1.29 bits per heavy atom. The molecule has 21 heavy (non-hydrogen) atoms. The quantitative estimate of drug-likeness (QED) is 0.675. The molecule has 0 fully saturated rings. The SMILES string of the molecule is Cc1[nH]c2ccc(C(=O)Nc3ncccc3O)cc2c1C. The average molecular weight is 281 g/mol. The summed E-state index contributed by atoms with van der Waals surface area (Å²) in [6.45, 7) is 4.02. The van der Waals surface area contributed by atoms with Gasteiger partial charge in [-0.05, 0) is 49.7 Å². The number of aromatic nitrogens is 2. The van der Waals surface area contributed by atoms with E-state index in [-0.39, 0.29) is 17.5 Å². The Morgan fingerprint density at radius 2 is 2.10 bits per heavy atom. The minimum Gasteiger partial charge on any atom is -0.504 e. The number of amides is 1. The molecule has 5 heteroatoms. The molecule has 1 aromatic carbocycles. The molecule has 0 aliphatic carbocycles. The van der Waals surface area contributed by atoms with Gasteiger partial charge in [0.1, 0.15) is 0 Å². The highest BCUT2D eigenvalue weighted by molar-refractivity contribution is 6.06. The maximum absolute atomic E-state index is 12.3. The van der Waals surface area contributed by atoms with Crippen molar-refractivity contribution in [1.29, 1.82) is 0 Å². The van der Waals surface area contributed by atoms with Crippen LogP contribution in [0.4, 0.5) is 5.82 Å². The van der Waals surface area contributed by atoms with Gasteiger partial charge in [0.05, 0.1) is 0 Å². The fourth-order valence-electron chi connectivity index (χ4n) is 2.28. The minimum atomic E-state index is -0.302. The Hall–Kier alpha value is -2.82. The van der Waals surface area contributed by atoms with Crippen LogP contribution in [0.3, 0.4) is 0 Å². The summed E-state index contributed by atoms with van der Waals surface area (Å²) in [5.74, 6) is -0.200. The lowest BCUT2D eigenvalue weighted by Gasteiger charge is -2.06. The zero-order chi connectivity index (χ0) is 15.0. The number of carbonyl (C=O) groups is 1. The molecule has 3 N–H and O–H groups in total. The molecule has 3 rings (SSSR count). The number of H-pyrrole nitrogens is 1. The Bertz CT molecular complexity index is 837. The van der Waals surface area contributed by atoms with Crippen molar-refractivity contribution in [3.63, 3.8) is 0 Å². The van der Waals surface area contributed by atoms with Gasteiger partial charge in [-0.15, -0.1) is 0 Å². The van der Waals surface area contributed by atoms with Gasteiger partial charge < -0.3 is 15.4 Å². The topological polar surface area (TPSA) is 78.0 Å². The monoisotopic (exact) mass is 281 g/mol. The Morgan fingerprint density at radius 3 is 2.86 bits per heavy atom. The van der Waals surface area contributed by atoms with E-state index in [4.69, 9.17) is 0 Å². The fraction of sp³-hybridized carbons (Fsp3) is 0.125. The molecule has 106 valence electrons. The van der Waals surface area contributed by atoms with Crippen molar-refractivity contribution in [2.75, 3.05) is 5.32 Å². The molecular formula is C16H15N3O2. The van der Waals surface area contributed by atoms with Crippen molar-refractivity contribution in [2.45, 2.75) is 13.8 Å². The lowest BCUT2D eigenvalue weighted by Crippen LogP contribution is -2.12. The van der Waals surface area contributed by atoms with Crippen LogP contribution in [-0.2, 0) is 0 Å². The number of pyridine rings is 1. The molecule has 2 aromatic heterocycles. The van der Waals surface area contributed by atoms with Gasteiger partial charge in [0.2, 0.25) is 0 Å². The molecule has 0 aliphatic rings. The third kappa shape index (κ3) is 2.33. The predicted molar refractivity (Wildman–Crippen MR) is 81.6 cm³/mol. The smallest absolute Gasteiger partial charge is 0.256 e. The summed E-state index contributed by atoms with van der Waals surface area (Å²) >= 11 is 0. The van der Waals surface area contributed by atoms with Gasteiger partial charge in [-0.1, -0.05) is 0 Å². The van der Waals surface area contributed by atoms with E-state index >= 15 is 0 Å². The van der Waals surface area contributed by atoms with Crippen LogP contribution in [0.15, 0.2) is 36.5 Å². The van der Waals surface area contributed by atoms with E-state index in [2.05, 4.69) is 15.3 Å². The van der Waals surface area contributed by atoms with Crippen LogP contribution >= 0.6 is 0 Å². The van der Waals surface area contributed by atoms with Crippen molar-refractivity contribution in [1.82, 2.24) is 9.97 Å². The van der Waals surface area contributed by atoms with E-state index in [0.717, 1.165) is 22.2 Å². The van der Waals surface area contributed by atoms with Gasteiger partial charge in [0, 0.05) is 28.4 Å². The molecule has 0 spiro atoms. The van der Waals surface area contributed by atoms with E-state index in [1.165, 1.54) is 12.3 Å². The number of carbonyl (C=O) groups excluding carboxylic acids is 1. The third-order valence-corrected chi connectivity index (χ3v) is 3.59. The van der Waals surface area contributed by atoms with E-state index in [9.17, 15) is 9.90 Å².